The molecule has 1 heterocycles. The SMILES string of the molecule is CN=S(N)(=O)c1sc(CN(C(=O)OC(C)(C)C)C2CCC2)cc1F. The summed E-state index contributed by atoms with van der Waals surface area (Å²) in [6, 6.07) is 1.36. The summed E-state index contributed by atoms with van der Waals surface area (Å²) in [5.74, 6) is -0.647. The van der Waals surface area contributed by atoms with Crippen LogP contribution in [-0.2, 0) is 21.2 Å². The van der Waals surface area contributed by atoms with E-state index in [1.807, 2.05) is 0 Å². The minimum atomic E-state index is -3.22. The van der Waals surface area contributed by atoms with Gasteiger partial charge in [0.2, 0.25) is 0 Å². The average molecular weight is 378 g/mol. The van der Waals surface area contributed by atoms with Crippen molar-refractivity contribution in [2.75, 3.05) is 7.05 Å². The monoisotopic (exact) mass is 377 g/mol. The van der Waals surface area contributed by atoms with Gasteiger partial charge in [-0.05, 0) is 46.1 Å². The van der Waals surface area contributed by atoms with Crippen LogP contribution in [0.25, 0.3) is 0 Å². The van der Waals surface area contributed by atoms with E-state index >= 15 is 0 Å². The number of hydrogen-bond donors (Lipinski definition) is 1. The topological polar surface area (TPSA) is 85.0 Å². The smallest absolute Gasteiger partial charge is 0.410 e. The Balaban J connectivity index is 2.23. The lowest BCUT2D eigenvalue weighted by atomic mass is 9.91. The predicted molar refractivity (Wildman–Crippen MR) is 92.6 cm³/mol. The van der Waals surface area contributed by atoms with E-state index in [2.05, 4.69) is 4.36 Å². The molecule has 1 aliphatic rings. The quantitative estimate of drug-likeness (QED) is 0.871. The van der Waals surface area contributed by atoms with Crippen molar-refractivity contribution in [1.29, 1.82) is 0 Å². The van der Waals surface area contributed by atoms with Gasteiger partial charge in [0.15, 0.2) is 10.0 Å². The largest absolute Gasteiger partial charge is 0.444 e. The maximum Gasteiger partial charge on any atom is 0.410 e. The average Bonchev–Trinajstić information content (AvgIpc) is 2.75. The number of amides is 1. The first-order chi connectivity index (χ1) is 11.0. The van der Waals surface area contributed by atoms with Crippen molar-refractivity contribution in [1.82, 2.24) is 4.90 Å². The fourth-order valence-electron chi connectivity index (χ4n) is 2.29. The lowest BCUT2D eigenvalue weighted by Crippen LogP contribution is -2.45. The third-order valence-corrected chi connectivity index (χ3v) is 6.84. The van der Waals surface area contributed by atoms with Crippen molar-refractivity contribution in [3.63, 3.8) is 0 Å². The molecule has 0 radical (unpaired) electrons. The van der Waals surface area contributed by atoms with Crippen LogP contribution in [0, 0.1) is 5.82 Å². The van der Waals surface area contributed by atoms with Gasteiger partial charge in [0.05, 0.1) is 6.54 Å². The van der Waals surface area contributed by atoms with E-state index in [4.69, 9.17) is 9.88 Å². The van der Waals surface area contributed by atoms with Crippen LogP contribution in [-0.4, -0.2) is 33.9 Å². The molecule has 136 valence electrons. The Morgan fingerprint density at radius 1 is 1.54 bits per heavy atom. The van der Waals surface area contributed by atoms with Crippen LogP contribution in [0.1, 0.15) is 44.9 Å². The number of nitrogens with zero attached hydrogens (tertiary/aromatic N) is 2. The van der Waals surface area contributed by atoms with Gasteiger partial charge in [0, 0.05) is 18.0 Å². The highest BCUT2D eigenvalue weighted by Crippen LogP contribution is 2.31. The Labute approximate surface area is 146 Å². The molecule has 1 saturated carbocycles. The van der Waals surface area contributed by atoms with Crippen LogP contribution in [0.4, 0.5) is 9.18 Å². The molecule has 0 spiro atoms. The first kappa shape index (κ1) is 19.1. The summed E-state index contributed by atoms with van der Waals surface area (Å²) in [5.41, 5.74) is -0.600. The van der Waals surface area contributed by atoms with E-state index in [9.17, 15) is 13.4 Å². The van der Waals surface area contributed by atoms with Gasteiger partial charge in [0.1, 0.15) is 15.5 Å². The molecule has 1 unspecified atom stereocenters. The molecule has 0 saturated heterocycles. The van der Waals surface area contributed by atoms with Gasteiger partial charge >= 0.3 is 6.09 Å². The number of rotatable bonds is 4. The van der Waals surface area contributed by atoms with E-state index in [-0.39, 0.29) is 16.8 Å². The number of halogens is 1. The summed E-state index contributed by atoms with van der Waals surface area (Å²) in [4.78, 5) is 14.6. The Kier molecular flexibility index (Phi) is 5.56. The molecule has 6 nitrogen and oxygen atoms in total. The van der Waals surface area contributed by atoms with Gasteiger partial charge in [-0.2, -0.15) is 0 Å². The Morgan fingerprint density at radius 3 is 2.62 bits per heavy atom. The lowest BCUT2D eigenvalue weighted by Gasteiger charge is -2.38. The molecule has 1 aliphatic carbocycles. The van der Waals surface area contributed by atoms with Crippen molar-refractivity contribution in [2.24, 2.45) is 9.50 Å². The molecule has 9 heteroatoms. The zero-order valence-corrected chi connectivity index (χ0v) is 16.0. The second-order valence-corrected chi connectivity index (χ2v) is 10.1. The molecule has 0 aromatic carbocycles. The number of nitrogens with two attached hydrogens (primary N) is 1. The van der Waals surface area contributed by atoms with Crippen LogP contribution in [0.2, 0.25) is 0 Å². The van der Waals surface area contributed by atoms with Crippen LogP contribution >= 0.6 is 11.3 Å². The highest BCUT2D eigenvalue weighted by Gasteiger charge is 2.33. The van der Waals surface area contributed by atoms with Gasteiger partial charge in [-0.3, -0.25) is 0 Å². The number of carbonyl (C=O) groups is 1. The molecule has 1 aromatic heterocycles. The molecule has 24 heavy (non-hydrogen) atoms. The van der Waals surface area contributed by atoms with Crippen LogP contribution in [0.15, 0.2) is 14.6 Å². The second-order valence-electron chi connectivity index (χ2n) is 6.79. The Morgan fingerprint density at radius 2 is 2.17 bits per heavy atom. The van der Waals surface area contributed by atoms with Crippen LogP contribution in [0.5, 0.6) is 0 Å². The van der Waals surface area contributed by atoms with Crippen LogP contribution < -0.4 is 5.14 Å². The summed E-state index contributed by atoms with van der Waals surface area (Å²) in [6.07, 6.45) is 2.44. The minimum absolute atomic E-state index is 0.0854. The molecule has 2 N–H and O–H groups in total. The van der Waals surface area contributed by atoms with E-state index in [0.29, 0.717) is 4.88 Å². The number of ether oxygens (including phenoxy) is 1. The van der Waals surface area contributed by atoms with E-state index in [0.717, 1.165) is 30.6 Å². The molecular weight excluding hydrogens is 353 g/mol. The maximum absolute atomic E-state index is 14.1. The highest BCUT2D eigenvalue weighted by atomic mass is 32.2. The zero-order chi connectivity index (χ0) is 18.1. The maximum atomic E-state index is 14.1. The Bertz CT molecular complexity index is 729. The summed E-state index contributed by atoms with van der Waals surface area (Å²) in [6.45, 7) is 5.62. The number of hydrogen-bond acceptors (Lipinski definition) is 5. The van der Waals surface area contributed by atoms with Crippen LogP contribution in [0.3, 0.4) is 0 Å². The highest BCUT2D eigenvalue weighted by molar-refractivity contribution is 7.93. The zero-order valence-electron chi connectivity index (χ0n) is 14.4. The number of carbonyl (C=O) groups excluding carboxylic acids is 1. The first-order valence-corrected chi connectivity index (χ1v) is 10.1. The fourth-order valence-corrected chi connectivity index (χ4v) is 4.57. The Hall–Kier alpha value is -1.19. The molecule has 0 aliphatic heterocycles. The van der Waals surface area contributed by atoms with Gasteiger partial charge < -0.3 is 9.64 Å². The van der Waals surface area contributed by atoms with Gasteiger partial charge in [-0.1, -0.05) is 0 Å². The van der Waals surface area contributed by atoms with E-state index < -0.39 is 27.4 Å². The van der Waals surface area contributed by atoms with Crippen molar-refractivity contribution in [3.8, 4) is 0 Å². The van der Waals surface area contributed by atoms with Gasteiger partial charge in [-0.15, -0.1) is 11.3 Å². The second kappa shape index (κ2) is 6.97. The molecule has 1 fully saturated rings. The fraction of sp³-hybridized carbons (Fsp3) is 0.667. The molecule has 0 bridgehead atoms. The number of thiophene rings is 1. The predicted octanol–water partition coefficient (Wildman–Crippen LogP) is 3.51. The van der Waals surface area contributed by atoms with Crippen molar-refractivity contribution < 1.29 is 18.1 Å². The molecular formula is C15H24FN3O3S2. The molecule has 2 rings (SSSR count). The summed E-state index contributed by atoms with van der Waals surface area (Å²) in [7, 11) is -1.93. The molecule has 1 amide bonds. The van der Waals surface area contributed by atoms with E-state index in [1.54, 1.807) is 25.7 Å². The molecule has 1 aromatic rings. The van der Waals surface area contributed by atoms with Crippen molar-refractivity contribution >= 4 is 27.3 Å². The third kappa shape index (κ3) is 4.46. The van der Waals surface area contributed by atoms with Crippen molar-refractivity contribution in [3.05, 3.63) is 16.8 Å². The van der Waals surface area contributed by atoms with Gasteiger partial charge in [0.25, 0.3) is 0 Å². The summed E-state index contributed by atoms with van der Waals surface area (Å²) < 4.78 is 35.1. The summed E-state index contributed by atoms with van der Waals surface area (Å²) in [5, 5.41) is 5.55. The first-order valence-electron chi connectivity index (χ1n) is 7.74. The summed E-state index contributed by atoms with van der Waals surface area (Å²) >= 11 is 0.988. The lowest BCUT2D eigenvalue weighted by molar-refractivity contribution is 0.00488. The van der Waals surface area contributed by atoms with Crippen molar-refractivity contribution in [2.45, 2.75) is 62.4 Å². The minimum Gasteiger partial charge on any atom is -0.444 e. The molecule has 1 atom stereocenters. The standard InChI is InChI=1S/C15H24FN3O3S2/c1-15(2,3)22-14(20)19(10-6-5-7-10)9-11-8-12(16)13(23-11)24(17,21)18-4/h8,10H,5-7,9H2,1-4H3,(H2,17,18,21). The normalized spacial score (nSPS) is 17.8. The van der Waals surface area contributed by atoms with E-state index in [1.165, 1.54) is 13.1 Å². The third-order valence-electron chi connectivity index (χ3n) is 3.71. The van der Waals surface area contributed by atoms with Gasteiger partial charge in [-0.25, -0.2) is 22.9 Å².